The number of aryl methyl sites for hydroxylation is 3. The van der Waals surface area contributed by atoms with Crippen LogP contribution in [-0.4, -0.2) is 12.6 Å². The highest BCUT2D eigenvalue weighted by molar-refractivity contribution is 5.81. The average Bonchev–Trinajstić information content (AvgIpc) is 2.57. The van der Waals surface area contributed by atoms with E-state index >= 15 is 0 Å². The topological polar surface area (TPSA) is 65.7 Å². The molecule has 0 saturated heterocycles. The van der Waals surface area contributed by atoms with Crippen molar-refractivity contribution in [2.45, 2.75) is 27.7 Å². The van der Waals surface area contributed by atoms with E-state index in [0.717, 1.165) is 27.6 Å². The van der Waals surface area contributed by atoms with Crippen LogP contribution in [0.15, 0.2) is 45.6 Å². The van der Waals surface area contributed by atoms with Gasteiger partial charge in [0.15, 0.2) is 6.61 Å². The van der Waals surface area contributed by atoms with E-state index in [1.54, 1.807) is 18.2 Å². The second kappa shape index (κ2) is 7.04. The molecule has 3 rings (SSSR count). The minimum Gasteiger partial charge on any atom is -0.482 e. The van der Waals surface area contributed by atoms with Gasteiger partial charge in [-0.15, -0.1) is 0 Å². The summed E-state index contributed by atoms with van der Waals surface area (Å²) in [6, 6.07) is 10.4. The lowest BCUT2D eigenvalue weighted by Gasteiger charge is -2.11. The quantitative estimate of drug-likeness (QED) is 0.403. The zero-order chi connectivity index (χ0) is 18.8. The average molecular weight is 352 g/mol. The van der Waals surface area contributed by atoms with Crippen LogP contribution in [0.4, 0.5) is 0 Å². The van der Waals surface area contributed by atoms with E-state index in [1.807, 2.05) is 39.8 Å². The van der Waals surface area contributed by atoms with E-state index in [2.05, 4.69) is 0 Å². The van der Waals surface area contributed by atoms with E-state index in [0.29, 0.717) is 17.1 Å². The summed E-state index contributed by atoms with van der Waals surface area (Å²) in [5.74, 6) is 0.473. The molecule has 2 aromatic carbocycles. The summed E-state index contributed by atoms with van der Waals surface area (Å²) in [4.78, 5) is 23.6. The summed E-state index contributed by atoms with van der Waals surface area (Å²) in [6.45, 7) is 7.43. The third-order valence-corrected chi connectivity index (χ3v) is 4.27. The number of hydrogen-bond donors (Lipinski definition) is 0. The molecule has 0 radical (unpaired) electrons. The summed E-state index contributed by atoms with van der Waals surface area (Å²) in [5, 5.41) is 0.824. The number of carbonyl (C=O) groups is 1. The van der Waals surface area contributed by atoms with Crippen molar-refractivity contribution < 1.29 is 18.7 Å². The Kier molecular flexibility index (Phi) is 4.80. The largest absolute Gasteiger partial charge is 0.482 e. The zero-order valence-electron chi connectivity index (χ0n) is 15.2. The highest BCUT2D eigenvalue weighted by atomic mass is 16.6. The number of ether oxygens (including phenoxy) is 2. The van der Waals surface area contributed by atoms with Crippen LogP contribution in [0.25, 0.3) is 11.0 Å². The van der Waals surface area contributed by atoms with Crippen LogP contribution >= 0.6 is 0 Å². The van der Waals surface area contributed by atoms with Crippen LogP contribution < -0.4 is 15.1 Å². The predicted octanol–water partition coefficient (Wildman–Crippen LogP) is 4.01. The first-order valence-corrected chi connectivity index (χ1v) is 8.29. The molecular weight excluding hydrogens is 332 g/mol. The number of esters is 1. The van der Waals surface area contributed by atoms with Gasteiger partial charge in [0, 0.05) is 17.5 Å². The lowest BCUT2D eigenvalue weighted by molar-refractivity contribution is -0.136. The van der Waals surface area contributed by atoms with Gasteiger partial charge in [0.2, 0.25) is 0 Å². The Morgan fingerprint density at radius 2 is 1.77 bits per heavy atom. The van der Waals surface area contributed by atoms with Crippen molar-refractivity contribution >= 4 is 16.9 Å². The molecule has 0 aliphatic carbocycles. The maximum Gasteiger partial charge on any atom is 0.349 e. The SMILES string of the molecule is Cc1cc(C)c(C)c(OC(=O)COc2ccc3c(C)cc(=O)oc3c2)c1. The van der Waals surface area contributed by atoms with Crippen molar-refractivity contribution in [1.29, 1.82) is 0 Å². The first kappa shape index (κ1) is 17.7. The molecule has 0 amide bonds. The molecule has 134 valence electrons. The number of carbonyl (C=O) groups excluding carboxylic acids is 1. The van der Waals surface area contributed by atoms with Gasteiger partial charge in [0.25, 0.3) is 0 Å². The highest BCUT2D eigenvalue weighted by Gasteiger charge is 2.11. The van der Waals surface area contributed by atoms with Crippen molar-refractivity contribution in [3.05, 3.63) is 69.1 Å². The summed E-state index contributed by atoms with van der Waals surface area (Å²) >= 11 is 0. The lowest BCUT2D eigenvalue weighted by atomic mass is 10.1. The Hall–Kier alpha value is -3.08. The maximum atomic E-state index is 12.1. The van der Waals surface area contributed by atoms with Gasteiger partial charge < -0.3 is 13.9 Å². The molecule has 0 aliphatic rings. The molecule has 0 spiro atoms. The molecule has 3 aromatic rings. The summed E-state index contributed by atoms with van der Waals surface area (Å²) < 4.78 is 16.1. The van der Waals surface area contributed by atoms with Gasteiger partial charge in [-0.25, -0.2) is 9.59 Å². The highest BCUT2D eigenvalue weighted by Crippen LogP contribution is 2.24. The number of fused-ring (bicyclic) bond motifs is 1. The minimum absolute atomic E-state index is 0.242. The second-order valence-corrected chi connectivity index (χ2v) is 6.37. The van der Waals surface area contributed by atoms with E-state index < -0.39 is 11.6 Å². The number of benzene rings is 2. The first-order chi connectivity index (χ1) is 12.3. The molecule has 26 heavy (non-hydrogen) atoms. The number of rotatable bonds is 4. The van der Waals surface area contributed by atoms with E-state index in [-0.39, 0.29) is 6.61 Å². The van der Waals surface area contributed by atoms with Crippen molar-refractivity contribution in [1.82, 2.24) is 0 Å². The van der Waals surface area contributed by atoms with E-state index in [4.69, 9.17) is 13.9 Å². The zero-order valence-corrected chi connectivity index (χ0v) is 15.2. The lowest BCUT2D eigenvalue weighted by Crippen LogP contribution is -2.18. The fourth-order valence-electron chi connectivity index (χ4n) is 2.80. The molecule has 0 aliphatic heterocycles. The third kappa shape index (κ3) is 3.77. The maximum absolute atomic E-state index is 12.1. The molecule has 5 nitrogen and oxygen atoms in total. The normalized spacial score (nSPS) is 10.8. The standard InChI is InChI=1S/C21H20O5/c1-12-7-13(2)15(4)18(8-12)25-21(23)11-24-16-5-6-17-14(3)9-20(22)26-19(17)10-16/h5-10H,11H2,1-4H3. The summed E-state index contributed by atoms with van der Waals surface area (Å²) in [7, 11) is 0. The number of hydrogen-bond acceptors (Lipinski definition) is 5. The molecule has 0 atom stereocenters. The van der Waals surface area contributed by atoms with Crippen LogP contribution in [-0.2, 0) is 4.79 Å². The van der Waals surface area contributed by atoms with E-state index in [9.17, 15) is 9.59 Å². The molecule has 0 bridgehead atoms. The summed E-state index contributed by atoms with van der Waals surface area (Å²) in [5.41, 5.74) is 3.84. The molecule has 0 saturated carbocycles. The van der Waals surface area contributed by atoms with Gasteiger partial charge in [-0.3, -0.25) is 0 Å². The molecule has 5 heteroatoms. The van der Waals surface area contributed by atoms with Gasteiger partial charge >= 0.3 is 11.6 Å². The fourth-order valence-corrected chi connectivity index (χ4v) is 2.80. The predicted molar refractivity (Wildman–Crippen MR) is 99.0 cm³/mol. The fraction of sp³-hybridized carbons (Fsp3) is 0.238. The summed E-state index contributed by atoms with van der Waals surface area (Å²) in [6.07, 6.45) is 0. The first-order valence-electron chi connectivity index (χ1n) is 8.29. The van der Waals surface area contributed by atoms with E-state index in [1.165, 1.54) is 6.07 Å². The molecular formula is C21H20O5. The van der Waals surface area contributed by atoms with Crippen molar-refractivity contribution in [2.24, 2.45) is 0 Å². The Balaban J connectivity index is 1.72. The molecule has 1 heterocycles. The Bertz CT molecular complexity index is 1050. The van der Waals surface area contributed by atoms with Gasteiger partial charge in [0.05, 0.1) is 0 Å². The Labute approximate surface area is 151 Å². The van der Waals surface area contributed by atoms with Crippen LogP contribution in [0.2, 0.25) is 0 Å². The minimum atomic E-state index is -0.496. The van der Waals surface area contributed by atoms with Gasteiger partial charge in [-0.05, 0) is 68.1 Å². The smallest absolute Gasteiger partial charge is 0.349 e. The van der Waals surface area contributed by atoms with Gasteiger partial charge in [-0.1, -0.05) is 6.07 Å². The third-order valence-electron chi connectivity index (χ3n) is 4.27. The van der Waals surface area contributed by atoms with Gasteiger partial charge in [0.1, 0.15) is 17.1 Å². The van der Waals surface area contributed by atoms with Crippen molar-refractivity contribution in [2.75, 3.05) is 6.61 Å². The monoisotopic (exact) mass is 352 g/mol. The molecule has 0 fully saturated rings. The van der Waals surface area contributed by atoms with Crippen molar-refractivity contribution in [3.8, 4) is 11.5 Å². The molecule has 1 aromatic heterocycles. The Morgan fingerprint density at radius 3 is 2.54 bits per heavy atom. The Morgan fingerprint density at radius 1 is 1.00 bits per heavy atom. The van der Waals surface area contributed by atoms with Crippen LogP contribution in [0, 0.1) is 27.7 Å². The van der Waals surface area contributed by atoms with Crippen LogP contribution in [0.5, 0.6) is 11.5 Å². The molecule has 0 N–H and O–H groups in total. The molecule has 0 unspecified atom stereocenters. The second-order valence-electron chi connectivity index (χ2n) is 6.37. The van der Waals surface area contributed by atoms with Gasteiger partial charge in [-0.2, -0.15) is 0 Å². The van der Waals surface area contributed by atoms with Crippen LogP contribution in [0.3, 0.4) is 0 Å². The van der Waals surface area contributed by atoms with Crippen molar-refractivity contribution in [3.63, 3.8) is 0 Å². The van der Waals surface area contributed by atoms with Crippen LogP contribution in [0.1, 0.15) is 22.3 Å².